The third-order valence-corrected chi connectivity index (χ3v) is 7.08. The van der Waals surface area contributed by atoms with E-state index in [0.29, 0.717) is 38.0 Å². The van der Waals surface area contributed by atoms with Crippen LogP contribution in [0.4, 0.5) is 26.3 Å². The molecule has 4 rings (SSSR count). The van der Waals surface area contributed by atoms with Gasteiger partial charge in [-0.1, -0.05) is 25.0 Å². The van der Waals surface area contributed by atoms with E-state index in [1.807, 2.05) is 6.07 Å². The van der Waals surface area contributed by atoms with Crippen LogP contribution in [0.3, 0.4) is 0 Å². The number of hydrogen-bond acceptors (Lipinski definition) is 4. The zero-order valence-corrected chi connectivity index (χ0v) is 19.1. The quantitative estimate of drug-likeness (QED) is 0.345. The summed E-state index contributed by atoms with van der Waals surface area (Å²) in [4.78, 5) is 3.69. The van der Waals surface area contributed by atoms with Gasteiger partial charge >= 0.3 is 12.5 Å². The Morgan fingerprint density at radius 3 is 2.49 bits per heavy atom. The van der Waals surface area contributed by atoms with Gasteiger partial charge in [-0.05, 0) is 68.0 Å². The second-order valence-electron chi connectivity index (χ2n) is 9.53. The van der Waals surface area contributed by atoms with Crippen molar-refractivity contribution in [2.75, 3.05) is 13.2 Å². The van der Waals surface area contributed by atoms with E-state index < -0.39 is 23.5 Å². The third kappa shape index (κ3) is 6.46. The molecule has 35 heavy (non-hydrogen) atoms. The van der Waals surface area contributed by atoms with Crippen LogP contribution >= 0.6 is 0 Å². The van der Waals surface area contributed by atoms with Crippen LogP contribution in [0, 0.1) is 0 Å². The molecular formula is C25H28F6N2O2. The Morgan fingerprint density at radius 2 is 1.77 bits per heavy atom. The number of pyridine rings is 1. The largest absolute Gasteiger partial charge is 0.573 e. The monoisotopic (exact) mass is 502 g/mol. The van der Waals surface area contributed by atoms with Crippen LogP contribution in [-0.4, -0.2) is 30.1 Å². The predicted octanol–water partition coefficient (Wildman–Crippen LogP) is 6.54. The highest BCUT2D eigenvalue weighted by atomic mass is 19.4. The third-order valence-electron chi connectivity index (χ3n) is 7.08. The van der Waals surface area contributed by atoms with E-state index in [2.05, 4.69) is 15.0 Å². The lowest BCUT2D eigenvalue weighted by molar-refractivity contribution is -0.274. The Hall–Kier alpha value is -2.33. The number of alkyl halides is 6. The Morgan fingerprint density at radius 1 is 1.00 bits per heavy atom. The second-order valence-corrected chi connectivity index (χ2v) is 9.53. The molecule has 2 aliphatic rings. The number of nitrogens with zero attached hydrogens (tertiary/aromatic N) is 1. The normalized spacial score (nSPS) is 22.5. The molecule has 10 heteroatoms. The Labute approximate surface area is 200 Å². The molecule has 192 valence electrons. The summed E-state index contributed by atoms with van der Waals surface area (Å²) in [5, 5.41) is 3.19. The fraction of sp³-hybridized carbons (Fsp3) is 0.560. The first-order valence-electron chi connectivity index (χ1n) is 11.7. The van der Waals surface area contributed by atoms with Crippen LogP contribution in [0.25, 0.3) is 0 Å². The first-order chi connectivity index (χ1) is 16.5. The maximum Gasteiger partial charge on any atom is 0.573 e. The zero-order chi connectivity index (χ0) is 25.2. The molecule has 1 aliphatic carbocycles. The Kier molecular flexibility index (Phi) is 7.33. The summed E-state index contributed by atoms with van der Waals surface area (Å²) in [6.45, 7) is 1.17. The highest BCUT2D eigenvalue weighted by molar-refractivity contribution is 5.35. The van der Waals surface area contributed by atoms with Crippen LogP contribution in [0.2, 0.25) is 0 Å². The van der Waals surface area contributed by atoms with Crippen LogP contribution in [-0.2, 0) is 22.9 Å². The average molecular weight is 502 g/mol. The van der Waals surface area contributed by atoms with Gasteiger partial charge < -0.3 is 14.8 Å². The van der Waals surface area contributed by atoms with E-state index in [9.17, 15) is 26.3 Å². The Balaban J connectivity index is 1.51. The van der Waals surface area contributed by atoms with Crippen molar-refractivity contribution < 1.29 is 35.8 Å². The summed E-state index contributed by atoms with van der Waals surface area (Å²) < 4.78 is 87.8. The number of nitrogens with one attached hydrogen (secondary N) is 1. The zero-order valence-electron chi connectivity index (χ0n) is 19.1. The molecule has 2 aromatic rings. The number of benzene rings is 1. The minimum absolute atomic E-state index is 0.200. The van der Waals surface area contributed by atoms with E-state index in [1.54, 1.807) is 6.07 Å². The maximum atomic E-state index is 13.0. The van der Waals surface area contributed by atoms with Gasteiger partial charge in [-0.15, -0.1) is 13.2 Å². The maximum absolute atomic E-state index is 13.0. The van der Waals surface area contributed by atoms with Gasteiger partial charge in [-0.3, -0.25) is 4.98 Å². The number of ether oxygens (including phenoxy) is 2. The minimum atomic E-state index is -4.78. The van der Waals surface area contributed by atoms with E-state index in [1.165, 1.54) is 18.3 Å². The van der Waals surface area contributed by atoms with E-state index in [4.69, 9.17) is 4.74 Å². The highest BCUT2D eigenvalue weighted by Crippen LogP contribution is 2.50. The van der Waals surface area contributed by atoms with Crippen molar-refractivity contribution >= 4 is 0 Å². The first-order valence-corrected chi connectivity index (χ1v) is 11.7. The van der Waals surface area contributed by atoms with Crippen LogP contribution < -0.4 is 10.1 Å². The van der Waals surface area contributed by atoms with Gasteiger partial charge in [-0.25, -0.2) is 0 Å². The molecule has 0 unspecified atom stereocenters. The van der Waals surface area contributed by atoms with Gasteiger partial charge in [-0.2, -0.15) is 13.2 Å². The molecule has 2 heterocycles. The molecule has 1 N–H and O–H groups in total. The van der Waals surface area contributed by atoms with E-state index in [0.717, 1.165) is 43.5 Å². The molecule has 1 spiro atoms. The molecular weight excluding hydrogens is 474 g/mol. The minimum Gasteiger partial charge on any atom is -0.406 e. The van der Waals surface area contributed by atoms with Crippen molar-refractivity contribution in [1.29, 1.82) is 0 Å². The summed E-state index contributed by atoms with van der Waals surface area (Å²) in [6.07, 6.45) is -1.23. The summed E-state index contributed by atoms with van der Waals surface area (Å²) in [6, 6.07) is 7.20. The fourth-order valence-electron chi connectivity index (χ4n) is 5.49. The number of hydrogen-bond donors (Lipinski definition) is 1. The van der Waals surface area contributed by atoms with Crippen LogP contribution in [0.1, 0.15) is 61.6 Å². The molecule has 4 nitrogen and oxygen atoms in total. The molecule has 0 radical (unpaired) electrons. The molecule has 0 bridgehead atoms. The van der Waals surface area contributed by atoms with Gasteiger partial charge in [0.2, 0.25) is 0 Å². The second kappa shape index (κ2) is 9.97. The topological polar surface area (TPSA) is 43.4 Å². The van der Waals surface area contributed by atoms with Gasteiger partial charge in [0.15, 0.2) is 0 Å². The molecule has 2 fully saturated rings. The standard InChI is InChI=1S/C25H28F6N2O2/c26-24(27,28)20-12-18(15-33-16-20)14-32-10-8-22(9-11-34-23(17-22)6-1-2-7-23)19-4-3-5-21(13-19)35-25(29,30)31/h3-5,12-13,15-16,32H,1-2,6-11,14,17H2/t22-/m0/s1. The number of rotatable bonds is 7. The van der Waals surface area contributed by atoms with Gasteiger partial charge in [0, 0.05) is 31.0 Å². The average Bonchev–Trinajstić information content (AvgIpc) is 3.23. The SMILES string of the molecule is FC(F)(F)Oc1cccc([C@@]2(CCNCc3cncc(C(F)(F)F)c3)CCOC3(CCCC3)C2)c1. The van der Waals surface area contributed by atoms with E-state index >= 15 is 0 Å². The predicted molar refractivity (Wildman–Crippen MR) is 117 cm³/mol. The molecule has 1 atom stereocenters. The van der Waals surface area contributed by atoms with Crippen molar-refractivity contribution in [2.45, 2.75) is 75.0 Å². The molecule has 1 aliphatic heterocycles. The molecule has 0 amide bonds. The molecule has 1 saturated heterocycles. The van der Waals surface area contributed by atoms with Crippen molar-refractivity contribution in [1.82, 2.24) is 10.3 Å². The highest BCUT2D eigenvalue weighted by Gasteiger charge is 2.48. The molecule has 1 aromatic heterocycles. The molecule has 1 saturated carbocycles. The van der Waals surface area contributed by atoms with Gasteiger partial charge in [0.05, 0.1) is 11.2 Å². The first kappa shape index (κ1) is 25.8. The number of aromatic nitrogens is 1. The lowest BCUT2D eigenvalue weighted by Gasteiger charge is -2.47. The van der Waals surface area contributed by atoms with Crippen molar-refractivity contribution in [3.8, 4) is 5.75 Å². The Bertz CT molecular complexity index is 1000. The number of halogens is 6. The van der Waals surface area contributed by atoms with E-state index in [-0.39, 0.29) is 17.9 Å². The van der Waals surface area contributed by atoms with Crippen LogP contribution in [0.15, 0.2) is 42.7 Å². The fourth-order valence-corrected chi connectivity index (χ4v) is 5.49. The van der Waals surface area contributed by atoms with Crippen molar-refractivity contribution in [3.05, 3.63) is 59.4 Å². The molecule has 1 aromatic carbocycles. The lowest BCUT2D eigenvalue weighted by atomic mass is 9.66. The lowest BCUT2D eigenvalue weighted by Crippen LogP contribution is -2.47. The summed E-state index contributed by atoms with van der Waals surface area (Å²) >= 11 is 0. The van der Waals surface area contributed by atoms with Crippen molar-refractivity contribution in [3.63, 3.8) is 0 Å². The van der Waals surface area contributed by atoms with Gasteiger partial charge in [0.1, 0.15) is 5.75 Å². The smallest absolute Gasteiger partial charge is 0.406 e. The van der Waals surface area contributed by atoms with Gasteiger partial charge in [0.25, 0.3) is 0 Å². The summed E-state index contributed by atoms with van der Waals surface area (Å²) in [7, 11) is 0. The summed E-state index contributed by atoms with van der Waals surface area (Å²) in [5.41, 5.74) is -0.358. The van der Waals surface area contributed by atoms with Crippen LogP contribution in [0.5, 0.6) is 5.75 Å². The summed E-state index contributed by atoms with van der Waals surface area (Å²) in [5.74, 6) is -0.260. The van der Waals surface area contributed by atoms with Crippen molar-refractivity contribution in [2.24, 2.45) is 0 Å².